The molecule has 0 radical (unpaired) electrons. The minimum absolute atomic E-state index is 0.116. The Morgan fingerprint density at radius 3 is 1.85 bits per heavy atom. The van der Waals surface area contributed by atoms with Crippen molar-refractivity contribution in [1.29, 1.82) is 5.26 Å². The van der Waals surface area contributed by atoms with Gasteiger partial charge in [-0.3, -0.25) is 10.1 Å². The summed E-state index contributed by atoms with van der Waals surface area (Å²) in [5.41, 5.74) is 2.77. The molecule has 0 aromatic heterocycles. The van der Waals surface area contributed by atoms with E-state index < -0.39 is 0 Å². The average Bonchev–Trinajstić information content (AvgIpc) is 2.72. The molecule has 2 aromatic rings. The van der Waals surface area contributed by atoms with Crippen LogP contribution in [0.4, 0.5) is 5.69 Å². The van der Waals surface area contributed by atoms with Crippen LogP contribution in [0.5, 0.6) is 0 Å². The molecule has 0 spiro atoms. The van der Waals surface area contributed by atoms with Gasteiger partial charge in [-0.1, -0.05) is 52.0 Å². The van der Waals surface area contributed by atoms with Crippen molar-refractivity contribution in [3.63, 3.8) is 0 Å². The van der Waals surface area contributed by atoms with Crippen molar-refractivity contribution in [2.24, 2.45) is 0 Å². The molecular formula is C23H28N2O2. The Morgan fingerprint density at radius 1 is 0.889 bits per heavy atom. The van der Waals surface area contributed by atoms with E-state index in [9.17, 15) is 15.4 Å². The summed E-state index contributed by atoms with van der Waals surface area (Å²) in [5, 5.41) is 20.5. The first-order chi connectivity index (χ1) is 12.9. The zero-order valence-electron chi connectivity index (χ0n) is 16.7. The number of nitro benzene ring substituents is 1. The Kier molecular flexibility index (Phi) is 6.38. The normalized spacial score (nSPS) is 11.8. The molecule has 0 unspecified atom stereocenters. The second-order valence-electron chi connectivity index (χ2n) is 7.08. The molecule has 0 aliphatic heterocycles. The van der Waals surface area contributed by atoms with Crippen LogP contribution in [-0.2, 0) is 10.8 Å². The molecule has 27 heavy (non-hydrogen) atoms. The second-order valence-corrected chi connectivity index (χ2v) is 7.08. The summed E-state index contributed by atoms with van der Waals surface area (Å²) in [6.07, 6.45) is 3.69. The predicted octanol–water partition coefficient (Wildman–Crippen LogP) is 6.28. The molecule has 4 nitrogen and oxygen atoms in total. The van der Waals surface area contributed by atoms with Crippen LogP contribution in [0.1, 0.15) is 70.1 Å². The third-order valence-electron chi connectivity index (χ3n) is 6.51. The van der Waals surface area contributed by atoms with Gasteiger partial charge in [0.1, 0.15) is 0 Å². The lowest BCUT2D eigenvalue weighted by molar-refractivity contribution is -0.384. The van der Waals surface area contributed by atoms with Crippen LogP contribution in [0.25, 0.3) is 0 Å². The maximum Gasteiger partial charge on any atom is 0.269 e. The van der Waals surface area contributed by atoms with Gasteiger partial charge in [0.2, 0.25) is 0 Å². The van der Waals surface area contributed by atoms with E-state index in [0.29, 0.717) is 5.56 Å². The molecule has 0 saturated heterocycles. The predicted molar refractivity (Wildman–Crippen MR) is 109 cm³/mol. The first kappa shape index (κ1) is 20.6. The van der Waals surface area contributed by atoms with Gasteiger partial charge in [-0.05, 0) is 48.9 Å². The molecule has 2 rings (SSSR count). The summed E-state index contributed by atoms with van der Waals surface area (Å²) >= 11 is 0. The van der Waals surface area contributed by atoms with E-state index in [-0.39, 0.29) is 21.4 Å². The maximum absolute atomic E-state index is 11.1. The first-order valence-corrected chi connectivity index (χ1v) is 9.70. The zero-order chi connectivity index (χ0) is 20.1. The van der Waals surface area contributed by atoms with Gasteiger partial charge in [-0.25, -0.2) is 0 Å². The average molecular weight is 364 g/mol. The SMILES string of the molecule is CCC(CC)(c1ccc([N+](=O)[O-])cc1)C(CC)(CC)c1cccc(C#N)c1. The summed E-state index contributed by atoms with van der Waals surface area (Å²) in [6.45, 7) is 8.79. The number of nitrogens with zero attached hydrogens (tertiary/aromatic N) is 2. The van der Waals surface area contributed by atoms with Crippen molar-refractivity contribution < 1.29 is 4.92 Å². The highest BCUT2D eigenvalue weighted by Gasteiger charge is 2.48. The Morgan fingerprint density at radius 2 is 1.41 bits per heavy atom. The number of non-ortho nitro benzene ring substituents is 1. The van der Waals surface area contributed by atoms with Crippen LogP contribution in [0.15, 0.2) is 48.5 Å². The summed E-state index contributed by atoms with van der Waals surface area (Å²) in [7, 11) is 0. The van der Waals surface area contributed by atoms with Crippen LogP contribution >= 0.6 is 0 Å². The smallest absolute Gasteiger partial charge is 0.258 e. The fourth-order valence-corrected chi connectivity index (χ4v) is 5.01. The monoisotopic (exact) mass is 364 g/mol. The fourth-order valence-electron chi connectivity index (χ4n) is 5.01. The van der Waals surface area contributed by atoms with Crippen molar-refractivity contribution >= 4 is 5.69 Å². The van der Waals surface area contributed by atoms with Crippen LogP contribution in [0.2, 0.25) is 0 Å². The molecule has 0 aliphatic rings. The summed E-state index contributed by atoms with van der Waals surface area (Å²) < 4.78 is 0. The lowest BCUT2D eigenvalue weighted by atomic mass is 9.52. The number of hydrogen-bond donors (Lipinski definition) is 0. The van der Waals surface area contributed by atoms with Gasteiger partial charge in [-0.15, -0.1) is 0 Å². The van der Waals surface area contributed by atoms with E-state index in [2.05, 4.69) is 39.8 Å². The standard InChI is InChI=1S/C23H28N2O2/c1-5-22(6-2,19-12-14-21(15-13-19)25(26)27)23(7-3,8-4)20-11-9-10-18(16-20)17-24/h9-16H,5-8H2,1-4H3. The van der Waals surface area contributed by atoms with Crippen LogP contribution in [-0.4, -0.2) is 4.92 Å². The minimum atomic E-state index is -0.355. The lowest BCUT2D eigenvalue weighted by Gasteiger charge is -2.51. The highest BCUT2D eigenvalue weighted by atomic mass is 16.6. The van der Waals surface area contributed by atoms with Crippen molar-refractivity contribution in [3.8, 4) is 6.07 Å². The Bertz CT molecular complexity index is 826. The van der Waals surface area contributed by atoms with E-state index >= 15 is 0 Å². The van der Waals surface area contributed by atoms with Crippen LogP contribution in [0, 0.1) is 21.4 Å². The summed E-state index contributed by atoms with van der Waals surface area (Å²) in [5.74, 6) is 0. The third kappa shape index (κ3) is 3.35. The van der Waals surface area contributed by atoms with Crippen molar-refractivity contribution in [1.82, 2.24) is 0 Å². The fraction of sp³-hybridized carbons (Fsp3) is 0.435. The molecule has 2 aromatic carbocycles. The molecule has 0 heterocycles. The van der Waals surface area contributed by atoms with E-state index in [1.165, 1.54) is 5.56 Å². The molecular weight excluding hydrogens is 336 g/mol. The molecule has 0 aliphatic carbocycles. The zero-order valence-corrected chi connectivity index (χ0v) is 16.7. The summed E-state index contributed by atoms with van der Waals surface area (Å²) in [4.78, 5) is 10.7. The van der Waals surface area contributed by atoms with Gasteiger partial charge in [0.15, 0.2) is 0 Å². The minimum Gasteiger partial charge on any atom is -0.258 e. The van der Waals surface area contributed by atoms with Gasteiger partial charge in [0.25, 0.3) is 5.69 Å². The first-order valence-electron chi connectivity index (χ1n) is 9.70. The second kappa shape index (κ2) is 8.35. The molecule has 0 fully saturated rings. The molecule has 0 atom stereocenters. The van der Waals surface area contributed by atoms with Crippen molar-refractivity contribution in [2.45, 2.75) is 64.2 Å². The van der Waals surface area contributed by atoms with Gasteiger partial charge < -0.3 is 0 Å². The molecule has 0 saturated carbocycles. The van der Waals surface area contributed by atoms with Crippen molar-refractivity contribution in [2.75, 3.05) is 0 Å². The Balaban J connectivity index is 2.74. The molecule has 4 heteroatoms. The lowest BCUT2D eigenvalue weighted by Crippen LogP contribution is -2.48. The van der Waals surface area contributed by atoms with Gasteiger partial charge in [-0.2, -0.15) is 5.26 Å². The summed E-state index contributed by atoms with van der Waals surface area (Å²) in [6, 6.07) is 17.2. The number of rotatable bonds is 8. The Labute approximate surface area is 162 Å². The quantitative estimate of drug-likeness (QED) is 0.409. The number of nitro groups is 1. The van der Waals surface area contributed by atoms with E-state index in [1.807, 2.05) is 30.3 Å². The number of hydrogen-bond acceptors (Lipinski definition) is 3. The highest BCUT2D eigenvalue weighted by Crippen LogP contribution is 2.53. The largest absolute Gasteiger partial charge is 0.269 e. The molecule has 0 amide bonds. The maximum atomic E-state index is 11.1. The van der Waals surface area contributed by atoms with E-state index in [1.54, 1.807) is 12.1 Å². The topological polar surface area (TPSA) is 66.9 Å². The van der Waals surface area contributed by atoms with Crippen molar-refractivity contribution in [3.05, 3.63) is 75.3 Å². The third-order valence-corrected chi connectivity index (χ3v) is 6.51. The van der Waals surface area contributed by atoms with Crippen LogP contribution in [0.3, 0.4) is 0 Å². The van der Waals surface area contributed by atoms with Gasteiger partial charge >= 0.3 is 0 Å². The van der Waals surface area contributed by atoms with Gasteiger partial charge in [0, 0.05) is 23.0 Å². The van der Waals surface area contributed by atoms with Crippen LogP contribution < -0.4 is 0 Å². The Hall–Kier alpha value is -2.67. The van der Waals surface area contributed by atoms with E-state index in [4.69, 9.17) is 0 Å². The highest BCUT2D eigenvalue weighted by molar-refractivity contribution is 5.45. The molecule has 0 bridgehead atoms. The van der Waals surface area contributed by atoms with E-state index in [0.717, 1.165) is 31.2 Å². The molecule has 142 valence electrons. The molecule has 0 N–H and O–H groups in total. The van der Waals surface area contributed by atoms with Gasteiger partial charge in [0.05, 0.1) is 16.6 Å². The number of benzene rings is 2. The number of nitriles is 1.